The van der Waals surface area contributed by atoms with Gasteiger partial charge in [0.05, 0.1) is 28.5 Å². The summed E-state index contributed by atoms with van der Waals surface area (Å²) in [5.41, 5.74) is 4.39. The zero-order valence-corrected chi connectivity index (χ0v) is 12.1. The lowest BCUT2D eigenvalue weighted by atomic mass is 10.3. The van der Waals surface area contributed by atoms with Crippen molar-refractivity contribution in [3.63, 3.8) is 0 Å². The summed E-state index contributed by atoms with van der Waals surface area (Å²) < 4.78 is 4.30. The summed E-state index contributed by atoms with van der Waals surface area (Å²) in [7, 11) is 4.13. The number of hydrogen-bond donors (Lipinski definition) is 0. The molecule has 4 nitrogen and oxygen atoms in total. The molecule has 0 amide bonds. The van der Waals surface area contributed by atoms with E-state index in [-0.39, 0.29) is 0 Å². The summed E-state index contributed by atoms with van der Waals surface area (Å²) in [6.45, 7) is 0. The second-order valence-electron chi connectivity index (χ2n) is 5.33. The lowest BCUT2D eigenvalue weighted by Gasteiger charge is -2.03. The first kappa shape index (κ1) is 12.1. The molecule has 0 aliphatic heterocycles. The lowest BCUT2D eigenvalue weighted by Crippen LogP contribution is -2.04. The Morgan fingerprint density at radius 2 is 1.14 bits per heavy atom. The topological polar surface area (TPSA) is 35.6 Å². The minimum Gasteiger partial charge on any atom is -0.331 e. The van der Waals surface area contributed by atoms with Crippen molar-refractivity contribution in [2.45, 2.75) is 6.42 Å². The van der Waals surface area contributed by atoms with Crippen molar-refractivity contribution >= 4 is 22.1 Å². The van der Waals surface area contributed by atoms with Gasteiger partial charge in [-0.2, -0.15) is 0 Å². The summed E-state index contributed by atoms with van der Waals surface area (Å²) in [5, 5.41) is 0. The predicted molar refractivity (Wildman–Crippen MR) is 84.2 cm³/mol. The summed E-state index contributed by atoms with van der Waals surface area (Å²) >= 11 is 0. The molecule has 0 spiro atoms. The third-order valence-electron chi connectivity index (χ3n) is 4.08. The number of fused-ring (bicyclic) bond motifs is 2. The van der Waals surface area contributed by atoms with E-state index in [1.807, 2.05) is 36.4 Å². The number of nitrogens with zero attached hydrogens (tertiary/aromatic N) is 4. The van der Waals surface area contributed by atoms with Crippen LogP contribution in [0.5, 0.6) is 0 Å². The summed E-state index contributed by atoms with van der Waals surface area (Å²) in [5.74, 6) is 2.07. The second kappa shape index (κ2) is 4.45. The van der Waals surface area contributed by atoms with Crippen LogP contribution in [0.15, 0.2) is 48.5 Å². The Morgan fingerprint density at radius 3 is 1.57 bits per heavy atom. The van der Waals surface area contributed by atoms with Crippen LogP contribution in [0.4, 0.5) is 0 Å². The van der Waals surface area contributed by atoms with Crippen molar-refractivity contribution in [1.82, 2.24) is 19.1 Å². The second-order valence-corrected chi connectivity index (χ2v) is 5.33. The van der Waals surface area contributed by atoms with E-state index in [9.17, 15) is 0 Å². The fraction of sp³-hybridized carbons (Fsp3) is 0.176. The molecule has 21 heavy (non-hydrogen) atoms. The molecule has 0 aliphatic rings. The molecule has 0 saturated carbocycles. The van der Waals surface area contributed by atoms with E-state index in [4.69, 9.17) is 9.97 Å². The molecule has 0 aliphatic carbocycles. The number of rotatable bonds is 2. The average Bonchev–Trinajstić information content (AvgIpc) is 2.99. The molecule has 0 unspecified atom stereocenters. The number of aryl methyl sites for hydroxylation is 2. The highest BCUT2D eigenvalue weighted by atomic mass is 15.1. The van der Waals surface area contributed by atoms with Crippen molar-refractivity contribution in [1.29, 1.82) is 0 Å². The Kier molecular flexibility index (Phi) is 2.57. The highest BCUT2D eigenvalue weighted by molar-refractivity contribution is 5.77. The van der Waals surface area contributed by atoms with Gasteiger partial charge in [-0.05, 0) is 24.3 Å². The van der Waals surface area contributed by atoms with E-state index in [0.717, 1.165) is 40.1 Å². The normalized spacial score (nSPS) is 11.5. The largest absolute Gasteiger partial charge is 0.331 e. The van der Waals surface area contributed by atoms with Gasteiger partial charge >= 0.3 is 0 Å². The van der Waals surface area contributed by atoms with Crippen LogP contribution in [-0.4, -0.2) is 19.1 Å². The molecular weight excluding hydrogens is 260 g/mol. The molecule has 0 bridgehead atoms. The average molecular weight is 276 g/mol. The quantitative estimate of drug-likeness (QED) is 0.564. The van der Waals surface area contributed by atoms with Crippen LogP contribution in [0.2, 0.25) is 0 Å². The molecule has 0 saturated heterocycles. The molecule has 0 atom stereocenters. The van der Waals surface area contributed by atoms with Gasteiger partial charge in [-0.15, -0.1) is 0 Å². The molecule has 0 N–H and O–H groups in total. The molecular formula is C17H16N4. The van der Waals surface area contributed by atoms with Crippen LogP contribution >= 0.6 is 0 Å². The van der Waals surface area contributed by atoms with Gasteiger partial charge in [-0.1, -0.05) is 24.3 Å². The van der Waals surface area contributed by atoms with Crippen molar-refractivity contribution in [3.8, 4) is 0 Å². The number of benzene rings is 2. The molecule has 0 fully saturated rings. The van der Waals surface area contributed by atoms with E-state index in [1.165, 1.54) is 0 Å². The molecule has 4 heteroatoms. The highest BCUT2D eigenvalue weighted by Gasteiger charge is 2.12. The van der Waals surface area contributed by atoms with Crippen molar-refractivity contribution in [2.24, 2.45) is 14.1 Å². The van der Waals surface area contributed by atoms with Crippen LogP contribution < -0.4 is 0 Å². The molecule has 2 aromatic carbocycles. The molecule has 4 aromatic rings. The Hall–Kier alpha value is -2.62. The minimum absolute atomic E-state index is 0.732. The third-order valence-corrected chi connectivity index (χ3v) is 4.08. The van der Waals surface area contributed by atoms with Gasteiger partial charge in [0.25, 0.3) is 0 Å². The van der Waals surface area contributed by atoms with Crippen LogP contribution in [0.1, 0.15) is 11.6 Å². The minimum atomic E-state index is 0.732. The Labute approximate surface area is 122 Å². The maximum atomic E-state index is 4.73. The monoisotopic (exact) mass is 276 g/mol. The van der Waals surface area contributed by atoms with Crippen molar-refractivity contribution in [2.75, 3.05) is 0 Å². The number of hydrogen-bond acceptors (Lipinski definition) is 2. The maximum absolute atomic E-state index is 4.73. The van der Waals surface area contributed by atoms with E-state index >= 15 is 0 Å². The summed E-state index contributed by atoms with van der Waals surface area (Å²) in [4.78, 5) is 9.46. The van der Waals surface area contributed by atoms with E-state index in [1.54, 1.807) is 0 Å². The maximum Gasteiger partial charge on any atom is 0.117 e. The van der Waals surface area contributed by atoms with Gasteiger partial charge in [0.2, 0.25) is 0 Å². The number of aromatic nitrogens is 4. The van der Waals surface area contributed by atoms with Gasteiger partial charge in [-0.25, -0.2) is 9.97 Å². The number of imidazole rings is 2. The fourth-order valence-electron chi connectivity index (χ4n) is 2.85. The van der Waals surface area contributed by atoms with Crippen LogP contribution in [0.25, 0.3) is 22.1 Å². The molecule has 104 valence electrons. The SMILES string of the molecule is Cn1c(Cc2nc3ccccc3n2C)nc2ccccc21. The zero-order chi connectivity index (χ0) is 14.4. The van der Waals surface area contributed by atoms with Gasteiger partial charge < -0.3 is 9.13 Å². The molecule has 4 rings (SSSR count). The van der Waals surface area contributed by atoms with E-state index in [0.29, 0.717) is 0 Å². The first-order valence-electron chi connectivity index (χ1n) is 7.05. The zero-order valence-electron chi connectivity index (χ0n) is 12.1. The first-order chi connectivity index (χ1) is 10.2. The molecule has 0 radical (unpaired) electrons. The summed E-state index contributed by atoms with van der Waals surface area (Å²) in [6.07, 6.45) is 0.732. The molecule has 2 heterocycles. The smallest absolute Gasteiger partial charge is 0.117 e. The standard InChI is InChI=1S/C17H16N4/c1-20-14-9-5-3-7-12(14)18-16(20)11-17-19-13-8-4-6-10-15(13)21(17)2/h3-10H,11H2,1-2H3. The van der Waals surface area contributed by atoms with Crippen molar-refractivity contribution < 1.29 is 0 Å². The van der Waals surface area contributed by atoms with Crippen LogP contribution in [0.3, 0.4) is 0 Å². The lowest BCUT2D eigenvalue weighted by molar-refractivity contribution is 0.775. The van der Waals surface area contributed by atoms with Gasteiger partial charge in [0, 0.05) is 14.1 Å². The first-order valence-corrected chi connectivity index (χ1v) is 7.05. The van der Waals surface area contributed by atoms with Crippen molar-refractivity contribution in [3.05, 3.63) is 60.2 Å². The van der Waals surface area contributed by atoms with Crippen LogP contribution in [-0.2, 0) is 20.5 Å². The van der Waals surface area contributed by atoms with E-state index < -0.39 is 0 Å². The van der Waals surface area contributed by atoms with Gasteiger partial charge in [0.15, 0.2) is 0 Å². The van der Waals surface area contributed by atoms with Gasteiger partial charge in [0.1, 0.15) is 11.6 Å². The fourth-order valence-corrected chi connectivity index (χ4v) is 2.85. The predicted octanol–water partition coefficient (Wildman–Crippen LogP) is 3.05. The Bertz CT molecular complexity index is 868. The van der Waals surface area contributed by atoms with E-state index in [2.05, 4.69) is 35.4 Å². The Morgan fingerprint density at radius 1 is 0.714 bits per heavy atom. The van der Waals surface area contributed by atoms with Crippen LogP contribution in [0, 0.1) is 0 Å². The Balaban J connectivity index is 1.83. The van der Waals surface area contributed by atoms with Gasteiger partial charge in [-0.3, -0.25) is 0 Å². The summed E-state index contributed by atoms with van der Waals surface area (Å²) in [6, 6.07) is 16.4. The number of para-hydroxylation sites is 4. The third kappa shape index (κ3) is 1.83. The highest BCUT2D eigenvalue weighted by Crippen LogP contribution is 2.19. The molecule has 2 aromatic heterocycles.